The number of sulfonamides is 1. The van der Waals surface area contributed by atoms with Crippen molar-refractivity contribution in [3.05, 3.63) is 54.7 Å². The predicted octanol–water partition coefficient (Wildman–Crippen LogP) is 1.61. The van der Waals surface area contributed by atoms with Crippen LogP contribution in [0.2, 0.25) is 0 Å². The SMILES string of the molecule is CCS(=O)(=O)c1nc2ccccn2c1S(=O)(=O)NC(=O)Oc1ccccc1. The van der Waals surface area contributed by atoms with Gasteiger partial charge in [0.25, 0.3) is 10.0 Å². The molecule has 0 saturated carbocycles. The molecule has 1 amide bonds. The Morgan fingerprint density at radius 2 is 1.74 bits per heavy atom. The van der Waals surface area contributed by atoms with Crippen molar-refractivity contribution in [2.45, 2.75) is 17.0 Å². The minimum atomic E-state index is -4.59. The Hall–Kier alpha value is -2.92. The molecule has 142 valence electrons. The molecule has 0 bridgehead atoms. The molecule has 1 N–H and O–H groups in total. The number of hydrogen-bond acceptors (Lipinski definition) is 7. The lowest BCUT2D eigenvalue weighted by Gasteiger charge is -2.09. The number of ether oxygens (including phenoxy) is 1. The van der Waals surface area contributed by atoms with Gasteiger partial charge in [0.2, 0.25) is 0 Å². The van der Waals surface area contributed by atoms with Gasteiger partial charge in [0, 0.05) is 6.20 Å². The molecule has 3 aromatic rings. The van der Waals surface area contributed by atoms with E-state index >= 15 is 0 Å². The molecule has 0 unspecified atom stereocenters. The van der Waals surface area contributed by atoms with Crippen molar-refractivity contribution in [3.63, 3.8) is 0 Å². The molecular weight excluding hydrogens is 394 g/mol. The average molecular weight is 409 g/mol. The Balaban J connectivity index is 2.05. The van der Waals surface area contributed by atoms with E-state index in [0.717, 1.165) is 4.40 Å². The summed E-state index contributed by atoms with van der Waals surface area (Å²) in [7, 11) is -8.56. The number of carbonyl (C=O) groups is 1. The van der Waals surface area contributed by atoms with E-state index in [2.05, 4.69) is 4.98 Å². The molecule has 3 rings (SSSR count). The van der Waals surface area contributed by atoms with Crippen molar-refractivity contribution in [1.82, 2.24) is 14.1 Å². The van der Waals surface area contributed by atoms with Crippen LogP contribution in [-0.2, 0) is 19.9 Å². The fraction of sp³-hybridized carbons (Fsp3) is 0.125. The summed E-state index contributed by atoms with van der Waals surface area (Å²) in [6.45, 7) is 1.37. The molecule has 2 aromatic heterocycles. The highest BCUT2D eigenvalue weighted by atomic mass is 32.2. The average Bonchev–Trinajstić information content (AvgIpc) is 3.03. The maximum atomic E-state index is 12.8. The minimum absolute atomic E-state index is 0.112. The van der Waals surface area contributed by atoms with Crippen molar-refractivity contribution in [1.29, 1.82) is 0 Å². The molecule has 9 nitrogen and oxygen atoms in total. The van der Waals surface area contributed by atoms with E-state index in [0.29, 0.717) is 0 Å². The molecule has 0 aliphatic heterocycles. The molecule has 0 atom stereocenters. The number of benzene rings is 1. The maximum absolute atomic E-state index is 12.8. The number of fused-ring (bicyclic) bond motifs is 1. The summed E-state index contributed by atoms with van der Waals surface area (Å²) in [5.74, 6) is -0.224. The third kappa shape index (κ3) is 3.78. The normalized spacial score (nSPS) is 12.0. The second kappa shape index (κ2) is 7.00. The van der Waals surface area contributed by atoms with E-state index in [-0.39, 0.29) is 17.1 Å². The summed E-state index contributed by atoms with van der Waals surface area (Å²) >= 11 is 0. The predicted molar refractivity (Wildman–Crippen MR) is 95.7 cm³/mol. The molecule has 0 spiro atoms. The van der Waals surface area contributed by atoms with Crippen LogP contribution in [0.1, 0.15) is 6.92 Å². The highest BCUT2D eigenvalue weighted by Crippen LogP contribution is 2.23. The summed E-state index contributed by atoms with van der Waals surface area (Å²) in [4.78, 5) is 15.9. The van der Waals surface area contributed by atoms with Crippen molar-refractivity contribution in [3.8, 4) is 5.75 Å². The number of rotatable bonds is 5. The topological polar surface area (TPSA) is 124 Å². The first-order valence-electron chi connectivity index (χ1n) is 7.74. The molecule has 0 fully saturated rings. The zero-order valence-corrected chi connectivity index (χ0v) is 15.7. The van der Waals surface area contributed by atoms with Gasteiger partial charge in [-0.25, -0.2) is 22.9 Å². The summed E-state index contributed by atoms with van der Waals surface area (Å²) in [5.41, 5.74) is 0.112. The van der Waals surface area contributed by atoms with E-state index in [9.17, 15) is 21.6 Å². The van der Waals surface area contributed by atoms with Crippen LogP contribution in [0.15, 0.2) is 64.8 Å². The second-order valence-corrected chi connectivity index (χ2v) is 9.15. The van der Waals surface area contributed by atoms with Gasteiger partial charge in [0.1, 0.15) is 11.4 Å². The zero-order valence-electron chi connectivity index (χ0n) is 14.1. The van der Waals surface area contributed by atoms with Crippen LogP contribution in [0.4, 0.5) is 4.79 Å². The maximum Gasteiger partial charge on any atom is 0.426 e. The standard InChI is InChI=1S/C16H15N3O6S2/c1-2-26(21,22)14-15(19-11-7-6-10-13(19)17-14)27(23,24)18-16(20)25-12-8-4-3-5-9-12/h3-11H,2H2,1H3,(H,18,20). The highest BCUT2D eigenvalue weighted by Gasteiger charge is 2.33. The first kappa shape index (κ1) is 18.9. The molecule has 0 aliphatic carbocycles. The molecule has 27 heavy (non-hydrogen) atoms. The summed E-state index contributed by atoms with van der Waals surface area (Å²) < 4.78 is 57.9. The number of para-hydroxylation sites is 1. The Morgan fingerprint density at radius 1 is 1.07 bits per heavy atom. The van der Waals surface area contributed by atoms with Crippen LogP contribution < -0.4 is 9.46 Å². The largest absolute Gasteiger partial charge is 0.426 e. The minimum Gasteiger partial charge on any atom is -0.410 e. The molecule has 2 heterocycles. The van der Waals surface area contributed by atoms with Crippen LogP contribution in [0.25, 0.3) is 5.65 Å². The lowest BCUT2D eigenvalue weighted by atomic mass is 10.3. The van der Waals surface area contributed by atoms with Crippen molar-refractivity contribution >= 4 is 31.6 Å². The number of hydrogen-bond donors (Lipinski definition) is 1. The quantitative estimate of drug-likeness (QED) is 0.679. The Labute approximate surface area is 155 Å². The van der Waals surface area contributed by atoms with Gasteiger partial charge in [-0.2, -0.15) is 8.42 Å². The van der Waals surface area contributed by atoms with Crippen LogP contribution >= 0.6 is 0 Å². The number of carbonyl (C=O) groups excluding carboxylic acids is 1. The third-order valence-corrected chi connectivity index (χ3v) is 6.65. The fourth-order valence-corrected chi connectivity index (χ4v) is 4.94. The van der Waals surface area contributed by atoms with Gasteiger partial charge >= 0.3 is 6.09 Å². The van der Waals surface area contributed by atoms with Crippen LogP contribution in [-0.4, -0.2) is 38.1 Å². The number of aromatic nitrogens is 2. The molecule has 1 aromatic carbocycles. The highest BCUT2D eigenvalue weighted by molar-refractivity contribution is 7.93. The Kier molecular flexibility index (Phi) is 4.89. The van der Waals surface area contributed by atoms with Crippen LogP contribution in [0, 0.1) is 0 Å². The van der Waals surface area contributed by atoms with Crippen molar-refractivity contribution in [2.75, 3.05) is 5.75 Å². The third-order valence-electron chi connectivity index (χ3n) is 3.56. The monoisotopic (exact) mass is 409 g/mol. The summed E-state index contributed by atoms with van der Waals surface area (Å²) in [6.07, 6.45) is 0.0700. The van der Waals surface area contributed by atoms with Gasteiger partial charge in [-0.15, -0.1) is 0 Å². The lowest BCUT2D eigenvalue weighted by molar-refractivity contribution is 0.206. The first-order valence-corrected chi connectivity index (χ1v) is 10.9. The van der Waals surface area contributed by atoms with Crippen molar-refractivity contribution < 1.29 is 26.4 Å². The van der Waals surface area contributed by atoms with Crippen LogP contribution in [0.5, 0.6) is 5.75 Å². The second-order valence-electron chi connectivity index (χ2n) is 5.36. The summed E-state index contributed by atoms with van der Waals surface area (Å²) in [6, 6.07) is 12.4. The van der Waals surface area contributed by atoms with Gasteiger partial charge in [-0.3, -0.25) is 4.40 Å². The molecule has 0 radical (unpaired) electrons. The van der Waals surface area contributed by atoms with E-state index < -0.39 is 36.0 Å². The molecule has 0 saturated heterocycles. The van der Waals surface area contributed by atoms with Gasteiger partial charge in [0.05, 0.1) is 5.75 Å². The fourth-order valence-electron chi connectivity index (χ4n) is 2.31. The number of amides is 1. The van der Waals surface area contributed by atoms with Gasteiger partial charge in [-0.05, 0) is 24.3 Å². The molecule has 0 aliphatic rings. The van der Waals surface area contributed by atoms with Gasteiger partial charge in [-0.1, -0.05) is 31.2 Å². The number of imidazole rings is 1. The number of nitrogens with one attached hydrogen (secondary N) is 1. The Bertz CT molecular complexity index is 1200. The lowest BCUT2D eigenvalue weighted by Crippen LogP contribution is -2.34. The Morgan fingerprint density at radius 3 is 2.41 bits per heavy atom. The smallest absolute Gasteiger partial charge is 0.410 e. The van der Waals surface area contributed by atoms with Gasteiger partial charge < -0.3 is 4.74 Å². The van der Waals surface area contributed by atoms with Crippen molar-refractivity contribution in [2.24, 2.45) is 0 Å². The van der Waals surface area contributed by atoms with E-state index in [1.165, 1.54) is 37.4 Å². The zero-order chi connectivity index (χ0) is 19.7. The number of pyridine rings is 1. The van der Waals surface area contributed by atoms with E-state index in [1.807, 2.05) is 0 Å². The molecule has 11 heteroatoms. The summed E-state index contributed by atoms with van der Waals surface area (Å²) in [5, 5.41) is -1.28. The van der Waals surface area contributed by atoms with E-state index in [4.69, 9.17) is 4.74 Å². The first-order chi connectivity index (χ1) is 12.7. The molecular formula is C16H15N3O6S2. The number of sulfone groups is 1. The van der Waals surface area contributed by atoms with Crippen LogP contribution in [0.3, 0.4) is 0 Å². The number of nitrogens with zero attached hydrogens (tertiary/aromatic N) is 2. The van der Waals surface area contributed by atoms with E-state index in [1.54, 1.807) is 29.0 Å². The van der Waals surface area contributed by atoms with Gasteiger partial charge in [0.15, 0.2) is 19.9 Å².